The number of benzene rings is 2. The van der Waals surface area contributed by atoms with Crippen LogP contribution in [0.15, 0.2) is 54.6 Å². The Kier molecular flexibility index (Phi) is 4.68. The van der Waals surface area contributed by atoms with E-state index in [1.54, 1.807) is 36.4 Å². The molecule has 0 aliphatic carbocycles. The van der Waals surface area contributed by atoms with Gasteiger partial charge in [-0.15, -0.1) is 0 Å². The third kappa shape index (κ3) is 3.90. The molecule has 0 radical (unpaired) electrons. The Labute approximate surface area is 122 Å². The zero-order chi connectivity index (χ0) is 15.2. The lowest BCUT2D eigenvalue weighted by molar-refractivity contribution is 0.0696. The maximum atomic E-state index is 11.9. The summed E-state index contributed by atoms with van der Waals surface area (Å²) in [4.78, 5) is 22.7. The molecule has 21 heavy (non-hydrogen) atoms. The van der Waals surface area contributed by atoms with E-state index in [2.05, 4.69) is 10.9 Å². The van der Waals surface area contributed by atoms with Crippen molar-refractivity contribution in [2.75, 3.05) is 0 Å². The molecule has 1 amide bonds. The molecule has 0 aromatic heterocycles. The first kappa shape index (κ1) is 14.7. The van der Waals surface area contributed by atoms with Crippen LogP contribution in [-0.4, -0.2) is 17.0 Å². The van der Waals surface area contributed by atoms with E-state index >= 15 is 0 Å². The Balaban J connectivity index is 1.94. The standard InChI is InChI=1S/C16H16N2O3/c1-11(12-7-9-14(10-8-12)16(20)21)17-18-15(19)13-5-3-2-4-6-13/h2-11,17H,1H3,(H,18,19)(H,20,21). The van der Waals surface area contributed by atoms with Gasteiger partial charge in [-0.25, -0.2) is 10.2 Å². The van der Waals surface area contributed by atoms with Crippen LogP contribution in [-0.2, 0) is 0 Å². The summed E-state index contributed by atoms with van der Waals surface area (Å²) in [5, 5.41) is 8.84. The van der Waals surface area contributed by atoms with E-state index in [4.69, 9.17) is 5.11 Å². The molecule has 5 nitrogen and oxygen atoms in total. The highest BCUT2D eigenvalue weighted by molar-refractivity contribution is 5.93. The second-order valence-corrected chi connectivity index (χ2v) is 4.61. The first-order chi connectivity index (χ1) is 10.1. The van der Waals surface area contributed by atoms with E-state index in [9.17, 15) is 9.59 Å². The molecule has 0 bridgehead atoms. The molecule has 5 heteroatoms. The molecule has 108 valence electrons. The van der Waals surface area contributed by atoms with Gasteiger partial charge in [-0.05, 0) is 36.8 Å². The third-order valence-electron chi connectivity index (χ3n) is 3.10. The lowest BCUT2D eigenvalue weighted by Crippen LogP contribution is -2.39. The van der Waals surface area contributed by atoms with Crippen molar-refractivity contribution in [3.05, 3.63) is 71.3 Å². The smallest absolute Gasteiger partial charge is 0.335 e. The molecule has 0 aliphatic heterocycles. The Morgan fingerprint density at radius 3 is 2.14 bits per heavy atom. The van der Waals surface area contributed by atoms with Gasteiger partial charge in [0.15, 0.2) is 0 Å². The minimum absolute atomic E-state index is 0.138. The van der Waals surface area contributed by atoms with Crippen LogP contribution in [0.25, 0.3) is 0 Å². The molecule has 0 spiro atoms. The molecule has 1 unspecified atom stereocenters. The lowest BCUT2D eigenvalue weighted by atomic mass is 10.1. The molecule has 0 heterocycles. The van der Waals surface area contributed by atoms with Crippen molar-refractivity contribution in [2.24, 2.45) is 0 Å². The van der Waals surface area contributed by atoms with E-state index in [1.165, 1.54) is 12.1 Å². The van der Waals surface area contributed by atoms with Crippen molar-refractivity contribution in [3.8, 4) is 0 Å². The summed E-state index contributed by atoms with van der Waals surface area (Å²) in [5.74, 6) is -1.18. The van der Waals surface area contributed by atoms with E-state index in [-0.39, 0.29) is 17.5 Å². The van der Waals surface area contributed by atoms with E-state index in [0.717, 1.165) is 5.56 Å². The van der Waals surface area contributed by atoms with Crippen LogP contribution >= 0.6 is 0 Å². The summed E-state index contributed by atoms with van der Waals surface area (Å²) in [5.41, 5.74) is 7.21. The lowest BCUT2D eigenvalue weighted by Gasteiger charge is -2.15. The number of carboxylic acids is 1. The van der Waals surface area contributed by atoms with Gasteiger partial charge in [-0.1, -0.05) is 30.3 Å². The zero-order valence-electron chi connectivity index (χ0n) is 11.5. The fourth-order valence-electron chi connectivity index (χ4n) is 1.83. The first-order valence-corrected chi connectivity index (χ1v) is 6.52. The topological polar surface area (TPSA) is 78.4 Å². The number of nitrogens with one attached hydrogen (secondary N) is 2. The van der Waals surface area contributed by atoms with Gasteiger partial charge >= 0.3 is 5.97 Å². The molecule has 0 saturated carbocycles. The highest BCUT2D eigenvalue weighted by Gasteiger charge is 2.09. The van der Waals surface area contributed by atoms with E-state index in [0.29, 0.717) is 5.56 Å². The van der Waals surface area contributed by atoms with Crippen molar-refractivity contribution >= 4 is 11.9 Å². The van der Waals surface area contributed by atoms with Gasteiger partial charge in [-0.3, -0.25) is 10.2 Å². The number of hydrogen-bond acceptors (Lipinski definition) is 3. The summed E-state index contributed by atoms with van der Waals surface area (Å²) in [6.07, 6.45) is 0. The van der Waals surface area contributed by atoms with Crippen molar-refractivity contribution in [1.29, 1.82) is 0 Å². The molecule has 0 saturated heterocycles. The number of rotatable bonds is 5. The summed E-state index contributed by atoms with van der Waals surface area (Å²) >= 11 is 0. The minimum Gasteiger partial charge on any atom is -0.478 e. The van der Waals surface area contributed by atoms with Crippen LogP contribution in [0.5, 0.6) is 0 Å². The van der Waals surface area contributed by atoms with Gasteiger partial charge in [0, 0.05) is 11.6 Å². The quantitative estimate of drug-likeness (QED) is 0.737. The van der Waals surface area contributed by atoms with Crippen molar-refractivity contribution in [2.45, 2.75) is 13.0 Å². The highest BCUT2D eigenvalue weighted by atomic mass is 16.4. The number of hydrogen-bond donors (Lipinski definition) is 3. The largest absolute Gasteiger partial charge is 0.478 e. The third-order valence-corrected chi connectivity index (χ3v) is 3.10. The fraction of sp³-hybridized carbons (Fsp3) is 0.125. The Morgan fingerprint density at radius 1 is 0.952 bits per heavy atom. The summed E-state index contributed by atoms with van der Waals surface area (Å²) in [6, 6.07) is 15.3. The predicted octanol–water partition coefficient (Wildman–Crippen LogP) is 2.38. The Hall–Kier alpha value is -2.66. The number of amides is 1. The van der Waals surface area contributed by atoms with Crippen molar-refractivity contribution < 1.29 is 14.7 Å². The van der Waals surface area contributed by atoms with E-state index < -0.39 is 5.97 Å². The van der Waals surface area contributed by atoms with Crippen LogP contribution in [0.4, 0.5) is 0 Å². The molecule has 2 aromatic rings. The summed E-state index contributed by atoms with van der Waals surface area (Å²) in [6.45, 7) is 1.88. The number of carboxylic acid groups (broad SMARTS) is 1. The maximum absolute atomic E-state index is 11.9. The average molecular weight is 284 g/mol. The zero-order valence-corrected chi connectivity index (χ0v) is 11.5. The van der Waals surface area contributed by atoms with Crippen molar-refractivity contribution in [1.82, 2.24) is 10.9 Å². The van der Waals surface area contributed by atoms with Gasteiger partial charge < -0.3 is 5.11 Å². The summed E-state index contributed by atoms with van der Waals surface area (Å²) < 4.78 is 0. The second kappa shape index (κ2) is 6.67. The first-order valence-electron chi connectivity index (χ1n) is 6.52. The molecule has 0 aliphatic rings. The SMILES string of the molecule is CC(NNC(=O)c1ccccc1)c1ccc(C(=O)O)cc1. The molecule has 0 fully saturated rings. The average Bonchev–Trinajstić information content (AvgIpc) is 2.53. The Bertz CT molecular complexity index is 624. The van der Waals surface area contributed by atoms with Crippen LogP contribution in [0.2, 0.25) is 0 Å². The van der Waals surface area contributed by atoms with Crippen molar-refractivity contribution in [3.63, 3.8) is 0 Å². The van der Waals surface area contributed by atoms with Crippen LogP contribution in [0.3, 0.4) is 0 Å². The molecule has 2 aromatic carbocycles. The monoisotopic (exact) mass is 284 g/mol. The number of hydrazine groups is 1. The van der Waals surface area contributed by atoms with Gasteiger partial charge in [0.25, 0.3) is 5.91 Å². The van der Waals surface area contributed by atoms with Gasteiger partial charge in [0.1, 0.15) is 0 Å². The second-order valence-electron chi connectivity index (χ2n) is 4.61. The molecular formula is C16H16N2O3. The molecule has 2 rings (SSSR count). The Morgan fingerprint density at radius 2 is 1.57 bits per heavy atom. The minimum atomic E-state index is -0.959. The maximum Gasteiger partial charge on any atom is 0.335 e. The summed E-state index contributed by atoms with van der Waals surface area (Å²) in [7, 11) is 0. The van der Waals surface area contributed by atoms with Crippen LogP contribution in [0, 0.1) is 0 Å². The van der Waals surface area contributed by atoms with Gasteiger partial charge in [-0.2, -0.15) is 0 Å². The van der Waals surface area contributed by atoms with Crippen LogP contribution < -0.4 is 10.9 Å². The van der Waals surface area contributed by atoms with E-state index in [1.807, 2.05) is 13.0 Å². The fourth-order valence-corrected chi connectivity index (χ4v) is 1.83. The molecule has 3 N–H and O–H groups in total. The number of aromatic carboxylic acids is 1. The predicted molar refractivity (Wildman–Crippen MR) is 78.9 cm³/mol. The molecule has 1 atom stereocenters. The van der Waals surface area contributed by atoms with Gasteiger partial charge in [0.05, 0.1) is 5.56 Å². The van der Waals surface area contributed by atoms with Gasteiger partial charge in [0.2, 0.25) is 0 Å². The van der Waals surface area contributed by atoms with Crippen LogP contribution in [0.1, 0.15) is 39.2 Å². The number of carbonyl (C=O) groups is 2. The highest BCUT2D eigenvalue weighted by Crippen LogP contribution is 2.12. The number of carbonyl (C=O) groups excluding carboxylic acids is 1. The normalized spacial score (nSPS) is 11.7. The molecular weight excluding hydrogens is 268 g/mol.